The molecule has 1 aromatic heterocycles. The van der Waals surface area contributed by atoms with Crippen molar-refractivity contribution in [2.75, 3.05) is 6.54 Å². The fourth-order valence-electron chi connectivity index (χ4n) is 1.61. The lowest BCUT2D eigenvalue weighted by atomic mass is 10.2. The standard InChI is InChI=1S/C14H14Br2N2OS/c15-11-3-1-10(2-4-11)7-18-14(19)9-17-8-12-5-6-13(16)20-12/h1-6,17H,7-9H2,(H,18,19). The van der Waals surface area contributed by atoms with E-state index in [1.54, 1.807) is 11.3 Å². The van der Waals surface area contributed by atoms with Gasteiger partial charge in [0.25, 0.3) is 0 Å². The molecule has 0 bridgehead atoms. The second-order valence-electron chi connectivity index (χ2n) is 4.21. The van der Waals surface area contributed by atoms with Crippen LogP contribution < -0.4 is 10.6 Å². The van der Waals surface area contributed by atoms with Gasteiger partial charge in [0.1, 0.15) is 0 Å². The highest BCUT2D eigenvalue weighted by Gasteiger charge is 2.02. The lowest BCUT2D eigenvalue weighted by Crippen LogP contribution is -2.33. The third-order valence-corrected chi connectivity index (χ3v) is 4.77. The lowest BCUT2D eigenvalue weighted by molar-refractivity contribution is -0.120. The van der Waals surface area contributed by atoms with E-state index in [2.05, 4.69) is 42.5 Å². The molecule has 0 unspecified atom stereocenters. The molecule has 20 heavy (non-hydrogen) atoms. The van der Waals surface area contributed by atoms with Crippen LogP contribution in [0.3, 0.4) is 0 Å². The Hall–Kier alpha value is -0.690. The van der Waals surface area contributed by atoms with Crippen molar-refractivity contribution in [2.24, 2.45) is 0 Å². The van der Waals surface area contributed by atoms with E-state index in [4.69, 9.17) is 0 Å². The van der Waals surface area contributed by atoms with E-state index >= 15 is 0 Å². The zero-order valence-corrected chi connectivity index (χ0v) is 14.6. The maximum absolute atomic E-state index is 11.7. The van der Waals surface area contributed by atoms with Gasteiger partial charge in [-0.2, -0.15) is 0 Å². The van der Waals surface area contributed by atoms with Crippen molar-refractivity contribution in [3.05, 3.63) is 55.1 Å². The first kappa shape index (κ1) is 15.7. The van der Waals surface area contributed by atoms with E-state index in [9.17, 15) is 4.79 Å². The number of halogens is 2. The Bertz CT molecular complexity index is 569. The molecule has 0 aliphatic carbocycles. The summed E-state index contributed by atoms with van der Waals surface area (Å²) >= 11 is 8.47. The Morgan fingerprint density at radius 2 is 1.80 bits per heavy atom. The van der Waals surface area contributed by atoms with Crippen LogP contribution in [0.2, 0.25) is 0 Å². The van der Waals surface area contributed by atoms with E-state index < -0.39 is 0 Å². The Morgan fingerprint density at radius 3 is 2.45 bits per heavy atom. The maximum Gasteiger partial charge on any atom is 0.234 e. The van der Waals surface area contributed by atoms with Crippen LogP contribution in [-0.4, -0.2) is 12.5 Å². The topological polar surface area (TPSA) is 41.1 Å². The summed E-state index contributed by atoms with van der Waals surface area (Å²) in [5.74, 6) is 0.00328. The number of carbonyl (C=O) groups excluding carboxylic acids is 1. The minimum atomic E-state index is 0.00328. The van der Waals surface area contributed by atoms with Gasteiger partial charge in [-0.25, -0.2) is 0 Å². The van der Waals surface area contributed by atoms with Gasteiger partial charge in [-0.15, -0.1) is 11.3 Å². The molecule has 6 heteroatoms. The zero-order valence-electron chi connectivity index (χ0n) is 10.7. The van der Waals surface area contributed by atoms with Gasteiger partial charge in [-0.05, 0) is 45.8 Å². The first-order valence-electron chi connectivity index (χ1n) is 6.09. The summed E-state index contributed by atoms with van der Waals surface area (Å²) in [6, 6.07) is 12.0. The number of benzene rings is 1. The van der Waals surface area contributed by atoms with Gasteiger partial charge in [0.15, 0.2) is 0 Å². The molecule has 0 aliphatic rings. The monoisotopic (exact) mass is 416 g/mol. The van der Waals surface area contributed by atoms with Crippen LogP contribution in [0.1, 0.15) is 10.4 Å². The Labute approximate surface area is 139 Å². The molecule has 2 aromatic rings. The van der Waals surface area contributed by atoms with Crippen LogP contribution in [0.15, 0.2) is 44.7 Å². The second-order valence-corrected chi connectivity index (χ2v) is 7.68. The van der Waals surface area contributed by atoms with Crippen molar-refractivity contribution in [1.29, 1.82) is 0 Å². The van der Waals surface area contributed by atoms with E-state index in [1.807, 2.05) is 36.4 Å². The molecule has 1 heterocycles. The average Bonchev–Trinajstić information content (AvgIpc) is 2.84. The molecule has 0 saturated heterocycles. The normalized spacial score (nSPS) is 10.5. The van der Waals surface area contributed by atoms with Gasteiger partial charge in [0.05, 0.1) is 10.3 Å². The van der Waals surface area contributed by atoms with Crippen LogP contribution in [0.5, 0.6) is 0 Å². The number of rotatable bonds is 6. The van der Waals surface area contributed by atoms with Gasteiger partial charge in [0.2, 0.25) is 5.91 Å². The predicted octanol–water partition coefficient (Wildman–Crippen LogP) is 3.68. The summed E-state index contributed by atoms with van der Waals surface area (Å²) in [6.45, 7) is 1.59. The molecule has 1 amide bonds. The highest BCUT2D eigenvalue weighted by atomic mass is 79.9. The van der Waals surface area contributed by atoms with Gasteiger partial charge < -0.3 is 10.6 Å². The number of nitrogens with one attached hydrogen (secondary N) is 2. The number of carbonyl (C=O) groups is 1. The third kappa shape index (κ3) is 5.36. The SMILES string of the molecule is O=C(CNCc1ccc(Br)s1)NCc1ccc(Br)cc1. The summed E-state index contributed by atoms with van der Waals surface area (Å²) in [7, 11) is 0. The molecule has 2 N–H and O–H groups in total. The predicted molar refractivity (Wildman–Crippen MR) is 89.7 cm³/mol. The van der Waals surface area contributed by atoms with Gasteiger partial charge in [0, 0.05) is 22.4 Å². The molecule has 0 fully saturated rings. The van der Waals surface area contributed by atoms with E-state index in [0.717, 1.165) is 13.8 Å². The van der Waals surface area contributed by atoms with Crippen LogP contribution in [-0.2, 0) is 17.9 Å². The molecule has 0 radical (unpaired) electrons. The quantitative estimate of drug-likeness (QED) is 0.752. The molecule has 3 nitrogen and oxygen atoms in total. The molecule has 0 spiro atoms. The smallest absolute Gasteiger partial charge is 0.234 e. The third-order valence-electron chi connectivity index (χ3n) is 2.62. The minimum Gasteiger partial charge on any atom is -0.351 e. The molecular weight excluding hydrogens is 404 g/mol. The van der Waals surface area contributed by atoms with Crippen molar-refractivity contribution in [1.82, 2.24) is 10.6 Å². The summed E-state index contributed by atoms with van der Waals surface area (Å²) < 4.78 is 2.14. The maximum atomic E-state index is 11.7. The molecule has 0 saturated carbocycles. The average molecular weight is 418 g/mol. The van der Waals surface area contributed by atoms with Gasteiger partial charge in [-0.3, -0.25) is 4.79 Å². The van der Waals surface area contributed by atoms with Crippen molar-refractivity contribution < 1.29 is 4.79 Å². The minimum absolute atomic E-state index is 0.00328. The molecule has 2 rings (SSSR count). The molecule has 0 aliphatic heterocycles. The largest absolute Gasteiger partial charge is 0.351 e. The highest BCUT2D eigenvalue weighted by Crippen LogP contribution is 2.21. The first-order chi connectivity index (χ1) is 9.63. The molecule has 106 valence electrons. The summed E-state index contributed by atoms with van der Waals surface area (Å²) in [5, 5.41) is 6.02. The van der Waals surface area contributed by atoms with Crippen molar-refractivity contribution >= 4 is 49.1 Å². The van der Waals surface area contributed by atoms with E-state index in [0.29, 0.717) is 19.6 Å². The Morgan fingerprint density at radius 1 is 1.05 bits per heavy atom. The lowest BCUT2D eigenvalue weighted by Gasteiger charge is -2.06. The van der Waals surface area contributed by atoms with Crippen LogP contribution in [0.25, 0.3) is 0 Å². The van der Waals surface area contributed by atoms with E-state index in [1.165, 1.54) is 4.88 Å². The zero-order chi connectivity index (χ0) is 14.4. The summed E-state index contributed by atoms with van der Waals surface area (Å²) in [5.41, 5.74) is 1.09. The molecule has 0 atom stereocenters. The fourth-order valence-corrected chi connectivity index (χ4v) is 3.33. The van der Waals surface area contributed by atoms with Crippen LogP contribution >= 0.6 is 43.2 Å². The van der Waals surface area contributed by atoms with Crippen LogP contribution in [0.4, 0.5) is 0 Å². The fraction of sp³-hybridized carbons (Fsp3) is 0.214. The molecular formula is C14H14Br2N2OS. The second kappa shape index (κ2) is 7.93. The van der Waals surface area contributed by atoms with E-state index in [-0.39, 0.29) is 5.91 Å². The van der Waals surface area contributed by atoms with Crippen LogP contribution in [0, 0.1) is 0 Å². The number of thiophene rings is 1. The summed E-state index contributed by atoms with van der Waals surface area (Å²) in [6.07, 6.45) is 0. The summed E-state index contributed by atoms with van der Waals surface area (Å²) in [4.78, 5) is 12.9. The molecule has 1 aromatic carbocycles. The first-order valence-corrected chi connectivity index (χ1v) is 8.50. The van der Waals surface area contributed by atoms with Gasteiger partial charge in [-0.1, -0.05) is 28.1 Å². The Kier molecular flexibility index (Phi) is 6.22. The van der Waals surface area contributed by atoms with Crippen molar-refractivity contribution in [3.8, 4) is 0 Å². The van der Waals surface area contributed by atoms with Crippen molar-refractivity contribution in [2.45, 2.75) is 13.1 Å². The highest BCUT2D eigenvalue weighted by molar-refractivity contribution is 9.11. The van der Waals surface area contributed by atoms with Gasteiger partial charge >= 0.3 is 0 Å². The number of amides is 1. The Balaban J connectivity index is 1.66. The van der Waals surface area contributed by atoms with Crippen molar-refractivity contribution in [3.63, 3.8) is 0 Å². The number of hydrogen-bond acceptors (Lipinski definition) is 3. The number of hydrogen-bond donors (Lipinski definition) is 2.